The van der Waals surface area contributed by atoms with Gasteiger partial charge in [-0.3, -0.25) is 0 Å². The van der Waals surface area contributed by atoms with Crippen molar-refractivity contribution < 1.29 is 18.7 Å². The fraction of sp³-hybridized carbons (Fsp3) is 0.200. The van der Waals surface area contributed by atoms with Gasteiger partial charge in [-0.25, -0.2) is 9.18 Å². The van der Waals surface area contributed by atoms with Gasteiger partial charge < -0.3 is 9.47 Å². The van der Waals surface area contributed by atoms with Gasteiger partial charge in [0.15, 0.2) is 5.82 Å². The number of nitriles is 1. The van der Waals surface area contributed by atoms with Crippen LogP contribution in [0.15, 0.2) is 12.1 Å². The van der Waals surface area contributed by atoms with E-state index < -0.39 is 11.8 Å². The number of halogens is 1. The van der Waals surface area contributed by atoms with Crippen LogP contribution in [0.2, 0.25) is 0 Å². The molecule has 0 fully saturated rings. The van der Waals surface area contributed by atoms with E-state index in [2.05, 4.69) is 4.74 Å². The minimum absolute atomic E-state index is 0.0858. The summed E-state index contributed by atoms with van der Waals surface area (Å²) in [6, 6.07) is 4.18. The van der Waals surface area contributed by atoms with Crippen LogP contribution in [0.4, 0.5) is 4.39 Å². The van der Waals surface area contributed by atoms with Crippen molar-refractivity contribution in [3.63, 3.8) is 0 Å². The molecule has 78 valence electrons. The van der Waals surface area contributed by atoms with Gasteiger partial charge in [0.1, 0.15) is 17.4 Å². The van der Waals surface area contributed by atoms with Gasteiger partial charge in [-0.15, -0.1) is 0 Å². The fourth-order valence-electron chi connectivity index (χ4n) is 1.10. The number of benzene rings is 1. The third kappa shape index (κ3) is 1.89. The van der Waals surface area contributed by atoms with Crippen LogP contribution in [0.5, 0.6) is 5.75 Å². The maximum Gasteiger partial charge on any atom is 0.340 e. The molecule has 5 heteroatoms. The predicted octanol–water partition coefficient (Wildman–Crippen LogP) is 1.49. The number of carbonyl (C=O) groups excluding carboxylic acids is 1. The molecule has 0 bridgehead atoms. The summed E-state index contributed by atoms with van der Waals surface area (Å²) in [6.45, 7) is 0. The Morgan fingerprint density at radius 2 is 2.13 bits per heavy atom. The number of nitrogens with zero attached hydrogens (tertiary/aromatic N) is 1. The molecular formula is C10H8FNO3. The molecule has 0 N–H and O–H groups in total. The molecule has 0 atom stereocenters. The minimum Gasteiger partial charge on any atom is -0.495 e. The molecule has 0 saturated heterocycles. The summed E-state index contributed by atoms with van der Waals surface area (Å²) in [4.78, 5) is 11.1. The monoisotopic (exact) mass is 209 g/mol. The third-order valence-electron chi connectivity index (χ3n) is 1.84. The summed E-state index contributed by atoms with van der Waals surface area (Å²) in [5.74, 6) is -1.67. The van der Waals surface area contributed by atoms with Gasteiger partial charge in [0.25, 0.3) is 0 Å². The van der Waals surface area contributed by atoms with Crippen molar-refractivity contribution in [1.29, 1.82) is 5.26 Å². The first-order chi connectivity index (χ1) is 7.15. The Balaban J connectivity index is 3.37. The molecule has 1 rings (SSSR count). The summed E-state index contributed by atoms with van der Waals surface area (Å²) in [7, 11) is 2.45. The van der Waals surface area contributed by atoms with Crippen LogP contribution in [0, 0.1) is 17.1 Å². The van der Waals surface area contributed by atoms with E-state index in [0.29, 0.717) is 0 Å². The lowest BCUT2D eigenvalue weighted by atomic mass is 10.1. The van der Waals surface area contributed by atoms with Gasteiger partial charge in [0, 0.05) is 0 Å². The van der Waals surface area contributed by atoms with Gasteiger partial charge in [-0.05, 0) is 12.1 Å². The van der Waals surface area contributed by atoms with E-state index in [1.807, 2.05) is 0 Å². The van der Waals surface area contributed by atoms with E-state index in [0.717, 1.165) is 7.11 Å². The van der Waals surface area contributed by atoms with Crippen molar-refractivity contribution in [2.45, 2.75) is 0 Å². The lowest BCUT2D eigenvalue weighted by molar-refractivity contribution is 0.0595. The molecule has 0 spiro atoms. The second-order valence-electron chi connectivity index (χ2n) is 2.61. The van der Waals surface area contributed by atoms with E-state index in [-0.39, 0.29) is 16.9 Å². The van der Waals surface area contributed by atoms with E-state index in [9.17, 15) is 9.18 Å². The Kier molecular flexibility index (Phi) is 3.24. The maximum atomic E-state index is 13.6. The lowest BCUT2D eigenvalue weighted by Crippen LogP contribution is -2.06. The van der Waals surface area contributed by atoms with Gasteiger partial charge >= 0.3 is 5.97 Å². The number of hydrogen-bond donors (Lipinski definition) is 0. The molecule has 0 amide bonds. The fourth-order valence-corrected chi connectivity index (χ4v) is 1.10. The van der Waals surface area contributed by atoms with Gasteiger partial charge in [-0.1, -0.05) is 0 Å². The maximum absolute atomic E-state index is 13.6. The normalized spacial score (nSPS) is 9.20. The number of hydrogen-bond acceptors (Lipinski definition) is 4. The molecule has 0 aromatic heterocycles. The number of carbonyl (C=O) groups is 1. The van der Waals surface area contributed by atoms with E-state index in [4.69, 9.17) is 10.00 Å². The molecule has 0 saturated carbocycles. The first-order valence-corrected chi connectivity index (χ1v) is 4.00. The predicted molar refractivity (Wildman–Crippen MR) is 49.0 cm³/mol. The molecule has 4 nitrogen and oxygen atoms in total. The van der Waals surface area contributed by atoms with E-state index in [1.54, 1.807) is 6.07 Å². The van der Waals surface area contributed by atoms with Crippen molar-refractivity contribution in [2.75, 3.05) is 14.2 Å². The van der Waals surface area contributed by atoms with Crippen LogP contribution < -0.4 is 4.74 Å². The highest BCUT2D eigenvalue weighted by atomic mass is 19.1. The van der Waals surface area contributed by atoms with Crippen molar-refractivity contribution in [2.24, 2.45) is 0 Å². The summed E-state index contributed by atoms with van der Waals surface area (Å²) in [5, 5.41) is 8.69. The number of rotatable bonds is 2. The Hall–Kier alpha value is -2.09. The molecule has 15 heavy (non-hydrogen) atoms. The molecule has 1 aromatic carbocycles. The van der Waals surface area contributed by atoms with Crippen LogP contribution in [-0.4, -0.2) is 20.2 Å². The number of ether oxygens (including phenoxy) is 2. The largest absolute Gasteiger partial charge is 0.495 e. The van der Waals surface area contributed by atoms with Crippen molar-refractivity contribution in [1.82, 2.24) is 0 Å². The molecule has 0 unspecified atom stereocenters. The highest BCUT2D eigenvalue weighted by Crippen LogP contribution is 2.23. The SMILES string of the molecule is COC(=O)c1ccc(OC)c(C#N)c1F. The first-order valence-electron chi connectivity index (χ1n) is 4.00. The number of esters is 1. The molecule has 0 radical (unpaired) electrons. The quantitative estimate of drug-likeness (QED) is 0.692. The van der Waals surface area contributed by atoms with Crippen molar-refractivity contribution in [3.05, 3.63) is 29.1 Å². The van der Waals surface area contributed by atoms with E-state index >= 15 is 0 Å². The molecule has 0 heterocycles. The Labute approximate surface area is 85.8 Å². The zero-order valence-electron chi connectivity index (χ0n) is 8.20. The van der Waals surface area contributed by atoms with Crippen LogP contribution >= 0.6 is 0 Å². The summed E-state index contributed by atoms with van der Waals surface area (Å²) >= 11 is 0. The van der Waals surface area contributed by atoms with Gasteiger partial charge in [0.05, 0.1) is 19.8 Å². The molecule has 0 aliphatic carbocycles. The van der Waals surface area contributed by atoms with Crippen LogP contribution in [0.1, 0.15) is 15.9 Å². The standard InChI is InChI=1S/C10H8FNO3/c1-14-8-4-3-6(10(13)15-2)9(11)7(8)5-12/h3-4H,1-2H3. The third-order valence-corrected chi connectivity index (χ3v) is 1.84. The highest BCUT2D eigenvalue weighted by Gasteiger charge is 2.18. The van der Waals surface area contributed by atoms with Crippen molar-refractivity contribution in [3.8, 4) is 11.8 Å². The Bertz CT molecular complexity index is 437. The number of methoxy groups -OCH3 is 2. The second-order valence-corrected chi connectivity index (χ2v) is 2.61. The minimum atomic E-state index is -0.927. The van der Waals surface area contributed by atoms with Crippen LogP contribution in [-0.2, 0) is 4.74 Å². The Morgan fingerprint density at radius 3 is 2.60 bits per heavy atom. The molecule has 0 aliphatic rings. The van der Waals surface area contributed by atoms with Crippen LogP contribution in [0.3, 0.4) is 0 Å². The molecule has 1 aromatic rings. The molecular weight excluding hydrogens is 201 g/mol. The van der Waals surface area contributed by atoms with Gasteiger partial charge in [0.2, 0.25) is 0 Å². The summed E-state index contributed by atoms with van der Waals surface area (Å²) in [6.07, 6.45) is 0. The zero-order valence-corrected chi connectivity index (χ0v) is 8.20. The highest BCUT2D eigenvalue weighted by molar-refractivity contribution is 5.90. The second kappa shape index (κ2) is 4.42. The summed E-state index contributed by atoms with van der Waals surface area (Å²) < 4.78 is 22.7. The first kappa shape index (κ1) is 11.0. The van der Waals surface area contributed by atoms with Gasteiger partial charge in [-0.2, -0.15) is 5.26 Å². The molecule has 0 aliphatic heterocycles. The smallest absolute Gasteiger partial charge is 0.340 e. The summed E-state index contributed by atoms with van der Waals surface area (Å²) in [5.41, 5.74) is -0.588. The lowest BCUT2D eigenvalue weighted by Gasteiger charge is -2.06. The average Bonchev–Trinajstić information content (AvgIpc) is 2.27. The Morgan fingerprint density at radius 1 is 1.47 bits per heavy atom. The topological polar surface area (TPSA) is 59.3 Å². The zero-order chi connectivity index (χ0) is 11.4. The van der Waals surface area contributed by atoms with Crippen LogP contribution in [0.25, 0.3) is 0 Å². The van der Waals surface area contributed by atoms with E-state index in [1.165, 1.54) is 19.2 Å². The van der Waals surface area contributed by atoms with Crippen molar-refractivity contribution >= 4 is 5.97 Å². The average molecular weight is 209 g/mol.